The molecule has 0 aliphatic rings. The van der Waals surface area contributed by atoms with Gasteiger partial charge in [0.25, 0.3) is 0 Å². The largest absolute Gasteiger partial charge is 0.144 e. The molecule has 0 nitrogen and oxygen atoms in total. The molecule has 0 aliphatic heterocycles. The van der Waals surface area contributed by atoms with Crippen molar-refractivity contribution < 1.29 is 0 Å². The van der Waals surface area contributed by atoms with Crippen LogP contribution >= 0.6 is 22.7 Å². The molecular formula is C40H72S2. The Hall–Kier alpha value is -0.600. The highest BCUT2D eigenvalue weighted by molar-refractivity contribution is 7.12. The highest BCUT2D eigenvalue weighted by atomic mass is 32.1. The standard InChI is InChI=1S/2C20H36S/c2*1-17(2,3)13-19(7,8)15-11-12-16(21-15)20(9,10)14-18(4,5)6/h2*11-12H,13-14H2,1-10H3. The molecule has 2 rings (SSSR count). The van der Waals surface area contributed by atoms with Gasteiger partial charge in [0.1, 0.15) is 0 Å². The predicted octanol–water partition coefficient (Wildman–Crippen LogP) is 14.4. The minimum Gasteiger partial charge on any atom is -0.144 e. The van der Waals surface area contributed by atoms with E-state index in [9.17, 15) is 0 Å². The van der Waals surface area contributed by atoms with E-state index in [1.807, 2.05) is 22.7 Å². The lowest BCUT2D eigenvalue weighted by atomic mass is 9.75. The Morgan fingerprint density at radius 3 is 0.571 bits per heavy atom. The van der Waals surface area contributed by atoms with Gasteiger partial charge in [-0.2, -0.15) is 0 Å². The summed E-state index contributed by atoms with van der Waals surface area (Å²) in [5.41, 5.74) is 2.53. The van der Waals surface area contributed by atoms with Crippen molar-refractivity contribution in [2.45, 2.75) is 186 Å². The van der Waals surface area contributed by atoms with Gasteiger partial charge >= 0.3 is 0 Å². The second-order valence-corrected chi connectivity index (χ2v) is 23.0. The zero-order valence-electron chi connectivity index (χ0n) is 32.0. The van der Waals surface area contributed by atoms with Crippen LogP contribution in [0.4, 0.5) is 0 Å². The molecule has 0 saturated carbocycles. The van der Waals surface area contributed by atoms with Gasteiger partial charge in [-0.05, 0) is 93.3 Å². The molecule has 42 heavy (non-hydrogen) atoms. The molecule has 0 bridgehead atoms. The second-order valence-electron chi connectivity index (χ2n) is 20.8. The maximum Gasteiger partial charge on any atom is 0.0105 e. The molecule has 244 valence electrons. The van der Waals surface area contributed by atoms with Crippen molar-refractivity contribution in [3.8, 4) is 0 Å². The fourth-order valence-electron chi connectivity index (χ4n) is 7.78. The normalized spacial score (nSPS) is 14.6. The van der Waals surface area contributed by atoms with E-state index in [4.69, 9.17) is 0 Å². The van der Waals surface area contributed by atoms with Crippen molar-refractivity contribution in [3.05, 3.63) is 43.8 Å². The molecule has 0 spiro atoms. The lowest BCUT2D eigenvalue weighted by molar-refractivity contribution is 0.286. The maximum atomic E-state index is 2.39. The average Bonchev–Trinajstić information content (AvgIpc) is 3.33. The summed E-state index contributed by atoms with van der Waals surface area (Å²) in [4.78, 5) is 6.15. The van der Waals surface area contributed by atoms with Crippen LogP contribution in [-0.2, 0) is 21.7 Å². The lowest BCUT2D eigenvalue weighted by Gasteiger charge is -2.33. The summed E-state index contributed by atoms with van der Waals surface area (Å²) >= 11 is 4.06. The van der Waals surface area contributed by atoms with Gasteiger partial charge in [-0.15, -0.1) is 22.7 Å². The molecule has 0 N–H and O–H groups in total. The third-order valence-corrected chi connectivity index (χ3v) is 11.4. The average molecular weight is 617 g/mol. The molecule has 2 heterocycles. The van der Waals surface area contributed by atoms with Crippen LogP contribution in [0, 0.1) is 21.7 Å². The molecule has 2 aromatic rings. The van der Waals surface area contributed by atoms with Gasteiger partial charge < -0.3 is 0 Å². The molecule has 0 atom stereocenters. The van der Waals surface area contributed by atoms with Crippen LogP contribution < -0.4 is 0 Å². The first kappa shape index (κ1) is 39.4. The zero-order valence-corrected chi connectivity index (χ0v) is 33.6. The summed E-state index contributed by atoms with van der Waals surface area (Å²) in [6.07, 6.45) is 4.89. The molecular weight excluding hydrogens is 545 g/mol. The number of hydrogen-bond donors (Lipinski definition) is 0. The Bertz CT molecular complexity index is 927. The van der Waals surface area contributed by atoms with Gasteiger partial charge in [-0.1, -0.05) is 138 Å². The lowest BCUT2D eigenvalue weighted by Crippen LogP contribution is -2.24. The zero-order chi connectivity index (χ0) is 33.4. The summed E-state index contributed by atoms with van der Waals surface area (Å²) in [5, 5.41) is 0. The monoisotopic (exact) mass is 617 g/mol. The molecule has 0 aliphatic carbocycles. The fraction of sp³-hybridized carbons (Fsp3) is 0.800. The number of rotatable bonds is 8. The molecule has 0 aromatic carbocycles. The van der Waals surface area contributed by atoms with Gasteiger partial charge in [0.15, 0.2) is 0 Å². The van der Waals surface area contributed by atoms with Gasteiger partial charge in [0.05, 0.1) is 0 Å². The third kappa shape index (κ3) is 13.6. The quantitative estimate of drug-likeness (QED) is 0.277. The first-order valence-corrected chi connectivity index (χ1v) is 18.1. The van der Waals surface area contributed by atoms with Gasteiger partial charge in [0.2, 0.25) is 0 Å². The summed E-state index contributed by atoms with van der Waals surface area (Å²) in [7, 11) is 0. The second kappa shape index (κ2) is 13.0. The van der Waals surface area contributed by atoms with Crippen LogP contribution in [0.1, 0.15) is 184 Å². The summed E-state index contributed by atoms with van der Waals surface area (Å²) in [5.74, 6) is 0. The van der Waals surface area contributed by atoms with Crippen LogP contribution in [0.15, 0.2) is 24.3 Å². The minimum atomic E-state index is 0.263. The van der Waals surface area contributed by atoms with Crippen LogP contribution in [-0.4, -0.2) is 0 Å². The number of thiophene rings is 2. The summed E-state index contributed by atoms with van der Waals surface area (Å²) < 4.78 is 0. The van der Waals surface area contributed by atoms with Gasteiger partial charge in [-0.25, -0.2) is 0 Å². The fourth-order valence-corrected chi connectivity index (χ4v) is 10.2. The Balaban J connectivity index is 0.000000420. The smallest absolute Gasteiger partial charge is 0.0105 e. The minimum absolute atomic E-state index is 0.263. The summed E-state index contributed by atoms with van der Waals surface area (Å²) in [6.45, 7) is 47.2. The first-order valence-electron chi connectivity index (χ1n) is 16.5. The van der Waals surface area contributed by atoms with Crippen molar-refractivity contribution in [2.75, 3.05) is 0 Å². The van der Waals surface area contributed by atoms with Crippen molar-refractivity contribution in [1.82, 2.24) is 0 Å². The first-order chi connectivity index (χ1) is 18.2. The van der Waals surface area contributed by atoms with E-state index in [0.29, 0.717) is 21.7 Å². The third-order valence-electron chi connectivity index (χ3n) is 7.77. The van der Waals surface area contributed by atoms with E-state index in [1.165, 1.54) is 45.2 Å². The van der Waals surface area contributed by atoms with Gasteiger partial charge in [-0.3, -0.25) is 0 Å². The van der Waals surface area contributed by atoms with Crippen LogP contribution in [0.5, 0.6) is 0 Å². The molecule has 0 unspecified atom stereocenters. The van der Waals surface area contributed by atoms with Crippen molar-refractivity contribution in [1.29, 1.82) is 0 Å². The van der Waals surface area contributed by atoms with Crippen LogP contribution in [0.25, 0.3) is 0 Å². The number of hydrogen-bond acceptors (Lipinski definition) is 2. The van der Waals surface area contributed by atoms with Crippen LogP contribution in [0.3, 0.4) is 0 Å². The maximum absolute atomic E-state index is 2.39. The van der Waals surface area contributed by atoms with Crippen molar-refractivity contribution in [2.24, 2.45) is 21.7 Å². The van der Waals surface area contributed by atoms with Gasteiger partial charge in [0, 0.05) is 19.5 Å². The highest BCUT2D eigenvalue weighted by Crippen LogP contribution is 2.46. The Morgan fingerprint density at radius 1 is 0.310 bits per heavy atom. The van der Waals surface area contributed by atoms with E-state index in [2.05, 4.69) is 163 Å². The Labute approximate surface area is 272 Å². The highest BCUT2D eigenvalue weighted by Gasteiger charge is 2.34. The topological polar surface area (TPSA) is 0 Å². The molecule has 0 amide bonds. The van der Waals surface area contributed by atoms with E-state index >= 15 is 0 Å². The summed E-state index contributed by atoms with van der Waals surface area (Å²) in [6, 6.07) is 9.48. The van der Waals surface area contributed by atoms with Crippen LogP contribution in [0.2, 0.25) is 0 Å². The van der Waals surface area contributed by atoms with E-state index < -0.39 is 0 Å². The molecule has 0 fully saturated rings. The SMILES string of the molecule is CC(C)(C)CC(C)(C)c1ccc(C(C)(C)CC(C)(C)C)s1.CC(C)(C)CC(C)(C)c1ccc(C(C)(C)CC(C)(C)C)s1. The molecule has 2 aromatic heterocycles. The van der Waals surface area contributed by atoms with E-state index in [1.54, 1.807) is 0 Å². The Morgan fingerprint density at radius 2 is 0.452 bits per heavy atom. The van der Waals surface area contributed by atoms with Crippen molar-refractivity contribution in [3.63, 3.8) is 0 Å². The molecule has 2 heteroatoms. The Kier molecular flexibility index (Phi) is 12.2. The molecule has 0 saturated heterocycles. The van der Waals surface area contributed by atoms with E-state index in [-0.39, 0.29) is 21.7 Å². The predicted molar refractivity (Wildman–Crippen MR) is 197 cm³/mol. The van der Waals surface area contributed by atoms with Crippen molar-refractivity contribution >= 4 is 22.7 Å². The molecule has 0 radical (unpaired) electrons. The van der Waals surface area contributed by atoms with E-state index in [0.717, 1.165) is 0 Å².